The summed E-state index contributed by atoms with van der Waals surface area (Å²) in [6.07, 6.45) is 0.138. The van der Waals surface area contributed by atoms with Crippen molar-refractivity contribution >= 4 is 21.5 Å². The van der Waals surface area contributed by atoms with E-state index in [1.54, 1.807) is 0 Å². The Morgan fingerprint density at radius 1 is 1.37 bits per heavy atom. The number of benzene rings is 1. The van der Waals surface area contributed by atoms with Gasteiger partial charge in [-0.2, -0.15) is 0 Å². The number of ether oxygens (including phenoxy) is 1. The number of hydrogen-bond acceptors (Lipinski definition) is 5. The quantitative estimate of drug-likeness (QED) is 0.839. The predicted octanol–water partition coefficient (Wildman–Crippen LogP) is 0.968. The third-order valence-corrected chi connectivity index (χ3v) is 4.87. The van der Waals surface area contributed by atoms with Gasteiger partial charge in [-0.05, 0) is 30.7 Å². The molecule has 2 rings (SSSR count). The monoisotopic (exact) mass is 287 g/mol. The molecule has 104 valence electrons. The van der Waals surface area contributed by atoms with Crippen LogP contribution in [0, 0.1) is 5.82 Å². The number of nitrogens with one attached hydrogen (secondary N) is 1. The minimum atomic E-state index is -3.27. The summed E-state index contributed by atoms with van der Waals surface area (Å²) in [6.45, 7) is 0. The molecule has 0 radical (unpaired) electrons. The Kier molecular flexibility index (Phi) is 3.49. The Bertz CT molecular complexity index is 584. The van der Waals surface area contributed by atoms with Crippen molar-refractivity contribution < 1.29 is 22.3 Å². The number of sulfone groups is 1. The van der Waals surface area contributed by atoms with Crippen LogP contribution >= 0.6 is 0 Å². The van der Waals surface area contributed by atoms with Gasteiger partial charge in [0.1, 0.15) is 5.82 Å². The van der Waals surface area contributed by atoms with Crippen LogP contribution in [0.15, 0.2) is 24.3 Å². The third-order valence-electron chi connectivity index (χ3n) is 3.11. The smallest absolute Gasteiger partial charge is 0.332 e. The number of halogens is 1. The lowest BCUT2D eigenvalue weighted by Gasteiger charge is -2.27. The molecule has 0 aliphatic carbocycles. The number of carbonyl (C=O) groups excluding carboxylic acids is 1. The van der Waals surface area contributed by atoms with Crippen LogP contribution in [0.5, 0.6) is 0 Å². The van der Waals surface area contributed by atoms with Crippen LogP contribution < -0.4 is 5.32 Å². The molecule has 0 bridgehead atoms. The van der Waals surface area contributed by atoms with Gasteiger partial charge in [0.15, 0.2) is 15.4 Å². The van der Waals surface area contributed by atoms with Gasteiger partial charge in [0.25, 0.3) is 0 Å². The fourth-order valence-electron chi connectivity index (χ4n) is 2.16. The standard InChI is InChI=1S/C12H14FNO4S/c1-18-11(15)12(6-7-19(16,17)8-12)14-10-4-2-9(13)3-5-10/h2-5,14H,6-8H2,1H3. The summed E-state index contributed by atoms with van der Waals surface area (Å²) >= 11 is 0. The Labute approximate surface area is 110 Å². The first-order valence-electron chi connectivity index (χ1n) is 5.69. The Morgan fingerprint density at radius 3 is 2.47 bits per heavy atom. The van der Waals surface area contributed by atoms with Crippen LogP contribution in [0.4, 0.5) is 10.1 Å². The SMILES string of the molecule is COC(=O)C1(Nc2ccc(F)cc2)CCS(=O)(=O)C1. The predicted molar refractivity (Wildman–Crippen MR) is 68.0 cm³/mol. The van der Waals surface area contributed by atoms with Gasteiger partial charge >= 0.3 is 5.97 Å². The highest BCUT2D eigenvalue weighted by molar-refractivity contribution is 7.91. The summed E-state index contributed by atoms with van der Waals surface area (Å²) in [5, 5.41) is 2.87. The molecule has 1 atom stereocenters. The van der Waals surface area contributed by atoms with Gasteiger partial charge in [-0.3, -0.25) is 0 Å². The van der Waals surface area contributed by atoms with E-state index in [0.717, 1.165) is 0 Å². The molecule has 0 amide bonds. The van der Waals surface area contributed by atoms with Crippen LogP contribution in [0.3, 0.4) is 0 Å². The first-order chi connectivity index (χ1) is 8.87. The first kappa shape index (κ1) is 13.8. The highest BCUT2D eigenvalue weighted by Crippen LogP contribution is 2.29. The van der Waals surface area contributed by atoms with Crippen LogP contribution in [-0.2, 0) is 19.4 Å². The Hall–Kier alpha value is -1.63. The molecule has 1 saturated heterocycles. The number of hydrogen-bond donors (Lipinski definition) is 1. The molecule has 7 heteroatoms. The fourth-order valence-corrected chi connectivity index (χ4v) is 4.05. The maximum atomic E-state index is 12.8. The van der Waals surface area contributed by atoms with Crippen molar-refractivity contribution in [2.75, 3.05) is 23.9 Å². The number of carbonyl (C=O) groups is 1. The van der Waals surface area contributed by atoms with E-state index in [9.17, 15) is 17.6 Å². The van der Waals surface area contributed by atoms with E-state index >= 15 is 0 Å². The lowest BCUT2D eigenvalue weighted by atomic mass is 9.98. The van der Waals surface area contributed by atoms with Gasteiger partial charge in [0, 0.05) is 5.69 Å². The summed E-state index contributed by atoms with van der Waals surface area (Å²) in [6, 6.07) is 5.36. The Balaban J connectivity index is 2.30. The van der Waals surface area contributed by atoms with Crippen molar-refractivity contribution in [2.45, 2.75) is 12.0 Å². The van der Waals surface area contributed by atoms with E-state index < -0.39 is 27.2 Å². The summed E-state index contributed by atoms with van der Waals surface area (Å²) in [7, 11) is -2.06. The van der Waals surface area contributed by atoms with E-state index in [1.807, 2.05) is 0 Å². The number of anilines is 1. The van der Waals surface area contributed by atoms with Crippen molar-refractivity contribution in [3.63, 3.8) is 0 Å². The van der Waals surface area contributed by atoms with Gasteiger partial charge in [0.05, 0.1) is 18.6 Å². The van der Waals surface area contributed by atoms with Crippen LogP contribution in [0.1, 0.15) is 6.42 Å². The second kappa shape index (κ2) is 4.80. The molecular formula is C12H14FNO4S. The molecule has 1 aromatic carbocycles. The maximum Gasteiger partial charge on any atom is 0.332 e. The van der Waals surface area contributed by atoms with Gasteiger partial charge in [0.2, 0.25) is 0 Å². The number of methoxy groups -OCH3 is 1. The van der Waals surface area contributed by atoms with E-state index in [1.165, 1.54) is 31.4 Å². The topological polar surface area (TPSA) is 72.5 Å². The van der Waals surface area contributed by atoms with E-state index in [2.05, 4.69) is 10.1 Å². The molecule has 19 heavy (non-hydrogen) atoms. The van der Waals surface area contributed by atoms with Crippen molar-refractivity contribution in [2.24, 2.45) is 0 Å². The molecule has 1 unspecified atom stereocenters. The zero-order valence-corrected chi connectivity index (χ0v) is 11.2. The zero-order chi connectivity index (χ0) is 14.1. The summed E-state index contributed by atoms with van der Waals surface area (Å²) in [5.41, 5.74) is -0.810. The van der Waals surface area contributed by atoms with Crippen LogP contribution in [0.2, 0.25) is 0 Å². The highest BCUT2D eigenvalue weighted by atomic mass is 32.2. The molecule has 1 aliphatic rings. The van der Waals surface area contributed by atoms with E-state index in [-0.39, 0.29) is 17.9 Å². The van der Waals surface area contributed by atoms with Crippen molar-refractivity contribution in [3.05, 3.63) is 30.1 Å². The van der Waals surface area contributed by atoms with Crippen molar-refractivity contribution in [3.8, 4) is 0 Å². The Morgan fingerprint density at radius 2 is 2.00 bits per heavy atom. The van der Waals surface area contributed by atoms with E-state index in [0.29, 0.717) is 5.69 Å². The molecular weight excluding hydrogens is 273 g/mol. The molecule has 1 aromatic rings. The normalized spacial score (nSPS) is 24.9. The van der Waals surface area contributed by atoms with Crippen LogP contribution in [0.25, 0.3) is 0 Å². The molecule has 1 N–H and O–H groups in total. The molecule has 5 nitrogen and oxygen atoms in total. The second-order valence-electron chi connectivity index (χ2n) is 4.55. The highest BCUT2D eigenvalue weighted by Gasteiger charge is 2.49. The average Bonchev–Trinajstić information content (AvgIpc) is 2.68. The molecule has 0 spiro atoms. The summed E-state index contributed by atoms with van der Waals surface area (Å²) < 4.78 is 40.7. The minimum Gasteiger partial charge on any atom is -0.467 e. The molecule has 1 fully saturated rings. The van der Waals surface area contributed by atoms with Crippen LogP contribution in [-0.4, -0.2) is 38.5 Å². The van der Waals surface area contributed by atoms with Crippen molar-refractivity contribution in [1.82, 2.24) is 0 Å². The second-order valence-corrected chi connectivity index (χ2v) is 6.73. The zero-order valence-electron chi connectivity index (χ0n) is 10.3. The summed E-state index contributed by atoms with van der Waals surface area (Å²) in [5.74, 6) is -1.42. The molecule has 0 saturated carbocycles. The fraction of sp³-hybridized carbons (Fsp3) is 0.417. The molecule has 0 aromatic heterocycles. The number of rotatable bonds is 3. The molecule has 1 aliphatic heterocycles. The molecule has 1 heterocycles. The average molecular weight is 287 g/mol. The minimum absolute atomic E-state index is 0.0731. The lowest BCUT2D eigenvalue weighted by Crippen LogP contribution is -2.48. The lowest BCUT2D eigenvalue weighted by molar-refractivity contribution is -0.145. The van der Waals surface area contributed by atoms with Gasteiger partial charge in [-0.25, -0.2) is 17.6 Å². The largest absolute Gasteiger partial charge is 0.467 e. The van der Waals surface area contributed by atoms with Gasteiger partial charge in [-0.1, -0.05) is 0 Å². The number of esters is 1. The third kappa shape index (κ3) is 2.86. The van der Waals surface area contributed by atoms with Gasteiger partial charge in [-0.15, -0.1) is 0 Å². The van der Waals surface area contributed by atoms with Crippen molar-refractivity contribution in [1.29, 1.82) is 0 Å². The summed E-state index contributed by atoms with van der Waals surface area (Å²) in [4.78, 5) is 11.9. The van der Waals surface area contributed by atoms with Gasteiger partial charge < -0.3 is 10.1 Å². The first-order valence-corrected chi connectivity index (χ1v) is 7.52. The maximum absolute atomic E-state index is 12.8. The van der Waals surface area contributed by atoms with E-state index in [4.69, 9.17) is 0 Å².